The Morgan fingerprint density at radius 2 is 1.50 bits per heavy atom. The molecule has 3 N–H and O–H groups in total. The van der Waals surface area contributed by atoms with Crippen LogP contribution in [0.3, 0.4) is 0 Å². The summed E-state index contributed by atoms with van der Waals surface area (Å²) in [5.74, 6) is 0. The number of hydrogen-bond donors (Lipinski definition) is 3. The van der Waals surface area contributed by atoms with Gasteiger partial charge in [-0.3, -0.25) is 0 Å². The van der Waals surface area contributed by atoms with Gasteiger partial charge >= 0.3 is 7.32 Å². The van der Waals surface area contributed by atoms with Crippen LogP contribution in [0.4, 0.5) is 0 Å². The van der Waals surface area contributed by atoms with Gasteiger partial charge in [-0.05, 0) is 13.8 Å². The summed E-state index contributed by atoms with van der Waals surface area (Å²) in [4.78, 5) is 0. The minimum atomic E-state index is -2.17. The van der Waals surface area contributed by atoms with Crippen molar-refractivity contribution >= 4 is 7.32 Å². The van der Waals surface area contributed by atoms with E-state index in [-0.39, 0.29) is 0 Å². The zero-order valence-electron chi connectivity index (χ0n) is 9.60. The summed E-state index contributed by atoms with van der Waals surface area (Å²) in [6.45, 7) is 8.83. The van der Waals surface area contributed by atoms with Crippen molar-refractivity contribution in [1.82, 2.24) is 0 Å². The van der Waals surface area contributed by atoms with Crippen LogP contribution < -0.4 is 0 Å². The second kappa shape index (κ2) is 9.42. The third-order valence-corrected chi connectivity index (χ3v) is 2.36. The number of rotatable bonds is 5. The van der Waals surface area contributed by atoms with Crippen LogP contribution in [0.25, 0.3) is 0 Å². The van der Waals surface area contributed by atoms with Crippen LogP contribution in [0.5, 0.6) is 0 Å². The van der Waals surface area contributed by atoms with E-state index in [2.05, 4.69) is 20.9 Å². The molecule has 0 radical (unpaired) electrons. The van der Waals surface area contributed by atoms with E-state index in [9.17, 15) is 0 Å². The SMILES string of the molecule is CC[N+](C)(CC)CCOC.OB(O)O. The molecule has 0 aromatic rings. The summed E-state index contributed by atoms with van der Waals surface area (Å²) in [5, 5.41) is 21.5. The molecule has 14 heavy (non-hydrogen) atoms. The smallest absolute Gasteiger partial charge is 0.402 e. The lowest BCUT2D eigenvalue weighted by atomic mass is 10.3. The van der Waals surface area contributed by atoms with Gasteiger partial charge in [0.2, 0.25) is 0 Å². The number of hydrogen-bond acceptors (Lipinski definition) is 4. The molecule has 5 nitrogen and oxygen atoms in total. The Kier molecular flexibility index (Phi) is 11.0. The van der Waals surface area contributed by atoms with Gasteiger partial charge < -0.3 is 24.3 Å². The lowest BCUT2D eigenvalue weighted by Crippen LogP contribution is -2.45. The van der Waals surface area contributed by atoms with Crippen LogP contribution >= 0.6 is 0 Å². The van der Waals surface area contributed by atoms with E-state index in [0.717, 1.165) is 17.6 Å². The van der Waals surface area contributed by atoms with Crippen molar-refractivity contribution in [1.29, 1.82) is 0 Å². The molecule has 0 atom stereocenters. The molecule has 0 aromatic carbocycles. The van der Waals surface area contributed by atoms with Crippen LogP contribution in [-0.2, 0) is 4.74 Å². The maximum Gasteiger partial charge on any atom is 0.631 e. The fraction of sp³-hybridized carbons (Fsp3) is 1.00. The number of nitrogens with zero attached hydrogens (tertiary/aromatic N) is 1. The molecular weight excluding hydrogens is 185 g/mol. The first-order chi connectivity index (χ1) is 6.41. The molecule has 0 bridgehead atoms. The highest BCUT2D eigenvalue weighted by atomic mass is 16.5. The van der Waals surface area contributed by atoms with Gasteiger partial charge in [-0.25, -0.2) is 0 Å². The average Bonchev–Trinajstić information content (AvgIpc) is 2.13. The van der Waals surface area contributed by atoms with Gasteiger partial charge in [0.1, 0.15) is 6.54 Å². The lowest BCUT2D eigenvalue weighted by Gasteiger charge is -2.31. The zero-order valence-corrected chi connectivity index (χ0v) is 9.60. The van der Waals surface area contributed by atoms with Crippen molar-refractivity contribution in [3.63, 3.8) is 0 Å². The molecule has 0 amide bonds. The van der Waals surface area contributed by atoms with Crippen molar-refractivity contribution in [2.45, 2.75) is 13.8 Å². The highest BCUT2D eigenvalue weighted by Gasteiger charge is 2.14. The molecule has 6 heteroatoms. The Hall–Kier alpha value is -0.135. The maximum atomic E-state index is 7.17. The van der Waals surface area contributed by atoms with Gasteiger partial charge in [0.15, 0.2) is 0 Å². The first kappa shape index (κ1) is 16.3. The fourth-order valence-electron chi connectivity index (χ4n) is 0.852. The molecule has 0 aromatic heterocycles. The third kappa shape index (κ3) is 11.9. The van der Waals surface area contributed by atoms with Crippen LogP contribution in [-0.4, -0.2) is 67.3 Å². The number of quaternary nitrogens is 1. The van der Waals surface area contributed by atoms with Gasteiger partial charge in [-0.1, -0.05) is 0 Å². The molecule has 0 spiro atoms. The van der Waals surface area contributed by atoms with Gasteiger partial charge in [0, 0.05) is 7.11 Å². The summed E-state index contributed by atoms with van der Waals surface area (Å²) in [6, 6.07) is 0. The van der Waals surface area contributed by atoms with E-state index in [1.165, 1.54) is 13.1 Å². The van der Waals surface area contributed by atoms with Crippen LogP contribution in [0.15, 0.2) is 0 Å². The van der Waals surface area contributed by atoms with E-state index < -0.39 is 7.32 Å². The minimum absolute atomic E-state index is 0.873. The Labute approximate surface area is 86.7 Å². The molecule has 0 heterocycles. The van der Waals surface area contributed by atoms with E-state index in [4.69, 9.17) is 19.8 Å². The molecule has 0 fully saturated rings. The summed E-state index contributed by atoms with van der Waals surface area (Å²) >= 11 is 0. The standard InChI is InChI=1S/C8H20NO.BH3O3/c1-5-9(3,6-2)7-8-10-4;2-1(3)4/h5-8H2,1-4H3;2-4H/q+1;. The second-order valence-electron chi connectivity index (χ2n) is 3.31. The monoisotopic (exact) mass is 208 g/mol. The number of methoxy groups -OCH3 is 1. The van der Waals surface area contributed by atoms with Gasteiger partial charge in [0.05, 0.1) is 26.7 Å². The summed E-state index contributed by atoms with van der Waals surface area (Å²) in [7, 11) is 1.86. The third-order valence-electron chi connectivity index (χ3n) is 2.36. The van der Waals surface area contributed by atoms with Gasteiger partial charge in [-0.2, -0.15) is 0 Å². The Morgan fingerprint density at radius 3 is 1.71 bits per heavy atom. The van der Waals surface area contributed by atoms with E-state index in [0.29, 0.717) is 0 Å². The van der Waals surface area contributed by atoms with E-state index in [1.807, 2.05) is 0 Å². The molecule has 0 saturated heterocycles. The molecule has 0 aliphatic rings. The normalized spacial score (nSPS) is 10.5. The fourth-order valence-corrected chi connectivity index (χ4v) is 0.852. The van der Waals surface area contributed by atoms with E-state index >= 15 is 0 Å². The van der Waals surface area contributed by atoms with Crippen molar-refractivity contribution in [2.24, 2.45) is 0 Å². The largest absolute Gasteiger partial charge is 0.631 e. The molecule has 0 unspecified atom stereocenters. The topological polar surface area (TPSA) is 69.9 Å². The predicted molar refractivity (Wildman–Crippen MR) is 56.4 cm³/mol. The van der Waals surface area contributed by atoms with E-state index in [1.54, 1.807) is 7.11 Å². The van der Waals surface area contributed by atoms with Crippen LogP contribution in [0, 0.1) is 0 Å². The highest BCUT2D eigenvalue weighted by molar-refractivity contribution is 6.30. The molecule has 0 aliphatic heterocycles. The Morgan fingerprint density at radius 1 is 1.14 bits per heavy atom. The van der Waals surface area contributed by atoms with Crippen molar-refractivity contribution < 1.29 is 24.3 Å². The first-order valence-electron chi connectivity index (χ1n) is 4.78. The van der Waals surface area contributed by atoms with Gasteiger partial charge in [-0.15, -0.1) is 0 Å². The number of likely N-dealkylation sites (N-methyl/N-ethyl adjacent to an activating group) is 1. The lowest BCUT2D eigenvalue weighted by molar-refractivity contribution is -0.906. The van der Waals surface area contributed by atoms with Crippen molar-refractivity contribution in [3.8, 4) is 0 Å². The number of ether oxygens (including phenoxy) is 1. The Balaban J connectivity index is 0. The molecule has 86 valence electrons. The maximum absolute atomic E-state index is 7.17. The summed E-state index contributed by atoms with van der Waals surface area (Å²) < 4.78 is 6.14. The second-order valence-corrected chi connectivity index (χ2v) is 3.31. The molecule has 0 aliphatic carbocycles. The first-order valence-corrected chi connectivity index (χ1v) is 4.78. The van der Waals surface area contributed by atoms with Crippen molar-refractivity contribution in [3.05, 3.63) is 0 Å². The van der Waals surface area contributed by atoms with Gasteiger partial charge in [0.25, 0.3) is 0 Å². The molecule has 0 rings (SSSR count). The summed E-state index contributed by atoms with van der Waals surface area (Å²) in [5.41, 5.74) is 0. The Bertz CT molecular complexity index is 117. The molecular formula is C8H23BNO4+. The highest BCUT2D eigenvalue weighted by Crippen LogP contribution is 1.99. The van der Waals surface area contributed by atoms with Crippen molar-refractivity contribution in [2.75, 3.05) is 40.4 Å². The quantitative estimate of drug-likeness (QED) is 0.403. The summed E-state index contributed by atoms with van der Waals surface area (Å²) in [6.07, 6.45) is 0. The van der Waals surface area contributed by atoms with Crippen LogP contribution in [0.1, 0.15) is 13.8 Å². The average molecular weight is 208 g/mol. The zero-order chi connectivity index (χ0) is 11.6. The predicted octanol–water partition coefficient (Wildman–Crippen LogP) is -0.933. The van der Waals surface area contributed by atoms with Crippen LogP contribution in [0.2, 0.25) is 0 Å². The minimum Gasteiger partial charge on any atom is -0.402 e. The molecule has 0 saturated carbocycles.